The molecule has 0 bridgehead atoms. The molecule has 2 rings (SSSR count). The molecule has 0 saturated heterocycles. The summed E-state index contributed by atoms with van der Waals surface area (Å²) in [5.74, 6) is -0.599. The van der Waals surface area contributed by atoms with Gasteiger partial charge in [0, 0.05) is 17.7 Å². The van der Waals surface area contributed by atoms with Gasteiger partial charge in [-0.25, -0.2) is 5.01 Å². The van der Waals surface area contributed by atoms with E-state index in [0.717, 1.165) is 16.7 Å². The topological polar surface area (TPSA) is 69.6 Å². The third-order valence-electron chi connectivity index (χ3n) is 4.17. The maximum atomic E-state index is 13.1. The fraction of sp³-hybridized carbons (Fsp3) is 0.364. The Morgan fingerprint density at radius 1 is 0.963 bits per heavy atom. The molecule has 2 amide bonds. The number of hydrazine groups is 1. The molecule has 27 heavy (non-hydrogen) atoms. The molecule has 2 N–H and O–H groups in total. The van der Waals surface area contributed by atoms with Crippen molar-refractivity contribution in [2.45, 2.75) is 46.6 Å². The number of aliphatic hydroxyl groups excluding tert-OH is 1. The highest BCUT2D eigenvalue weighted by Crippen LogP contribution is 2.18. The number of hydrogen-bond donors (Lipinski definition) is 2. The van der Waals surface area contributed by atoms with Crippen molar-refractivity contribution in [1.82, 2.24) is 10.4 Å². The number of rotatable bonds is 4. The highest BCUT2D eigenvalue weighted by atomic mass is 16.3. The first kappa shape index (κ1) is 20.6. The summed E-state index contributed by atoms with van der Waals surface area (Å²) in [6.07, 6.45) is 0.543. The van der Waals surface area contributed by atoms with Crippen LogP contribution in [0, 0.1) is 13.8 Å². The number of aryl methyl sites for hydroxylation is 2. The van der Waals surface area contributed by atoms with Crippen molar-refractivity contribution < 1.29 is 14.7 Å². The van der Waals surface area contributed by atoms with Gasteiger partial charge in [0.1, 0.15) is 0 Å². The molecule has 2 aromatic rings. The Bertz CT molecular complexity index is 800. The number of carbonyl (C=O) groups excluding carboxylic acids is 2. The van der Waals surface area contributed by atoms with E-state index in [9.17, 15) is 9.59 Å². The molecule has 0 fully saturated rings. The minimum absolute atomic E-state index is 0.0632. The standard InChI is InChI=1S/C22H28N2O3/c1-15-12-16(2)14-19(13-15)21(27)24(22(3,4)5)23-20(26)18-8-6-17(7-9-18)10-11-25/h6-9,12-14,25H,10-11H2,1-5H3,(H,23,26). The Labute approximate surface area is 161 Å². The van der Waals surface area contributed by atoms with Gasteiger partial charge in [-0.15, -0.1) is 0 Å². The lowest BCUT2D eigenvalue weighted by Gasteiger charge is -2.35. The molecule has 0 aromatic heterocycles. The second-order valence-electron chi connectivity index (χ2n) is 7.80. The van der Waals surface area contributed by atoms with Crippen molar-refractivity contribution >= 4 is 11.8 Å². The second-order valence-corrected chi connectivity index (χ2v) is 7.80. The van der Waals surface area contributed by atoms with Gasteiger partial charge in [0.25, 0.3) is 11.8 Å². The van der Waals surface area contributed by atoms with E-state index in [0.29, 0.717) is 17.5 Å². The van der Waals surface area contributed by atoms with Crippen LogP contribution in [0.15, 0.2) is 42.5 Å². The number of nitrogens with one attached hydrogen (secondary N) is 1. The fourth-order valence-electron chi connectivity index (χ4n) is 2.87. The predicted molar refractivity (Wildman–Crippen MR) is 107 cm³/mol. The monoisotopic (exact) mass is 368 g/mol. The van der Waals surface area contributed by atoms with Crippen molar-refractivity contribution in [2.24, 2.45) is 0 Å². The van der Waals surface area contributed by atoms with Crippen LogP contribution >= 0.6 is 0 Å². The maximum absolute atomic E-state index is 13.1. The zero-order valence-corrected chi connectivity index (χ0v) is 16.7. The van der Waals surface area contributed by atoms with Crippen molar-refractivity contribution in [3.05, 3.63) is 70.3 Å². The van der Waals surface area contributed by atoms with E-state index < -0.39 is 5.54 Å². The van der Waals surface area contributed by atoms with Crippen LogP contribution in [0.5, 0.6) is 0 Å². The van der Waals surface area contributed by atoms with Crippen LogP contribution in [0.3, 0.4) is 0 Å². The zero-order chi connectivity index (χ0) is 20.2. The van der Waals surface area contributed by atoms with Crippen LogP contribution in [0.1, 0.15) is 58.2 Å². The lowest BCUT2D eigenvalue weighted by molar-refractivity contribution is 0.0358. The average molecular weight is 368 g/mol. The lowest BCUT2D eigenvalue weighted by atomic mass is 10.0. The van der Waals surface area contributed by atoms with E-state index in [-0.39, 0.29) is 18.4 Å². The Hall–Kier alpha value is -2.66. The summed E-state index contributed by atoms with van der Waals surface area (Å²) in [4.78, 5) is 25.8. The highest BCUT2D eigenvalue weighted by molar-refractivity contribution is 5.99. The molecule has 5 nitrogen and oxygen atoms in total. The van der Waals surface area contributed by atoms with E-state index in [1.807, 2.05) is 52.8 Å². The smallest absolute Gasteiger partial charge is 0.272 e. The van der Waals surface area contributed by atoms with Gasteiger partial charge >= 0.3 is 0 Å². The summed E-state index contributed by atoms with van der Waals surface area (Å²) >= 11 is 0. The van der Waals surface area contributed by atoms with Gasteiger partial charge in [-0.1, -0.05) is 29.3 Å². The largest absolute Gasteiger partial charge is 0.396 e. The molecule has 0 heterocycles. The summed E-state index contributed by atoms with van der Waals surface area (Å²) in [6, 6.07) is 12.7. The normalized spacial score (nSPS) is 11.2. The van der Waals surface area contributed by atoms with E-state index in [4.69, 9.17) is 5.11 Å². The second kappa shape index (κ2) is 8.35. The van der Waals surface area contributed by atoms with Gasteiger partial charge < -0.3 is 5.11 Å². The van der Waals surface area contributed by atoms with Crippen molar-refractivity contribution in [1.29, 1.82) is 0 Å². The Morgan fingerprint density at radius 2 is 1.52 bits per heavy atom. The Morgan fingerprint density at radius 3 is 2.00 bits per heavy atom. The van der Waals surface area contributed by atoms with Gasteiger partial charge in [-0.3, -0.25) is 15.0 Å². The molecule has 0 saturated carbocycles. The first-order valence-corrected chi connectivity index (χ1v) is 9.05. The van der Waals surface area contributed by atoms with Gasteiger partial charge in [0.05, 0.1) is 5.54 Å². The van der Waals surface area contributed by atoms with E-state index in [1.165, 1.54) is 5.01 Å². The number of carbonyl (C=O) groups is 2. The fourth-order valence-corrected chi connectivity index (χ4v) is 2.87. The van der Waals surface area contributed by atoms with Gasteiger partial charge in [0.2, 0.25) is 0 Å². The van der Waals surface area contributed by atoms with E-state index in [1.54, 1.807) is 24.3 Å². The van der Waals surface area contributed by atoms with Crippen LogP contribution in [-0.2, 0) is 6.42 Å². The Kier molecular flexibility index (Phi) is 6.39. The maximum Gasteiger partial charge on any atom is 0.272 e. The predicted octanol–water partition coefficient (Wildman–Crippen LogP) is 3.42. The Balaban J connectivity index is 2.26. The first-order chi connectivity index (χ1) is 12.6. The van der Waals surface area contributed by atoms with Gasteiger partial charge in [0.15, 0.2) is 0 Å². The number of benzene rings is 2. The van der Waals surface area contributed by atoms with Crippen LogP contribution in [-0.4, -0.2) is 34.1 Å². The lowest BCUT2D eigenvalue weighted by Crippen LogP contribution is -2.55. The van der Waals surface area contributed by atoms with Crippen LogP contribution in [0.25, 0.3) is 0 Å². The first-order valence-electron chi connectivity index (χ1n) is 9.05. The molecule has 0 spiro atoms. The summed E-state index contributed by atoms with van der Waals surface area (Å²) < 4.78 is 0. The molecular weight excluding hydrogens is 340 g/mol. The molecule has 144 valence electrons. The van der Waals surface area contributed by atoms with E-state index >= 15 is 0 Å². The quantitative estimate of drug-likeness (QED) is 0.813. The van der Waals surface area contributed by atoms with Gasteiger partial charge in [-0.05, 0) is 70.9 Å². The van der Waals surface area contributed by atoms with Gasteiger partial charge in [-0.2, -0.15) is 0 Å². The molecule has 0 aliphatic heterocycles. The minimum Gasteiger partial charge on any atom is -0.396 e. The summed E-state index contributed by atoms with van der Waals surface area (Å²) in [5.41, 5.74) is 6.11. The summed E-state index contributed by atoms with van der Waals surface area (Å²) in [7, 11) is 0. The van der Waals surface area contributed by atoms with Crippen LogP contribution in [0.2, 0.25) is 0 Å². The molecule has 0 aliphatic rings. The molecule has 0 aliphatic carbocycles. The summed E-state index contributed by atoms with van der Waals surface area (Å²) in [6.45, 7) is 9.57. The average Bonchev–Trinajstić information content (AvgIpc) is 2.58. The zero-order valence-electron chi connectivity index (χ0n) is 16.7. The highest BCUT2D eigenvalue weighted by Gasteiger charge is 2.29. The van der Waals surface area contributed by atoms with Crippen LogP contribution < -0.4 is 5.43 Å². The summed E-state index contributed by atoms with van der Waals surface area (Å²) in [5, 5.41) is 10.4. The number of amides is 2. The molecule has 0 unspecified atom stereocenters. The van der Waals surface area contributed by atoms with Crippen LogP contribution in [0.4, 0.5) is 0 Å². The number of hydrogen-bond acceptors (Lipinski definition) is 3. The number of aliphatic hydroxyl groups is 1. The third-order valence-corrected chi connectivity index (χ3v) is 4.17. The van der Waals surface area contributed by atoms with Crippen molar-refractivity contribution in [2.75, 3.05) is 6.61 Å². The van der Waals surface area contributed by atoms with Crippen molar-refractivity contribution in [3.8, 4) is 0 Å². The molecule has 2 aromatic carbocycles. The minimum atomic E-state index is -0.596. The molecule has 0 atom stereocenters. The third kappa shape index (κ3) is 5.41. The molecule has 0 radical (unpaired) electrons. The van der Waals surface area contributed by atoms with Crippen molar-refractivity contribution in [3.63, 3.8) is 0 Å². The SMILES string of the molecule is Cc1cc(C)cc(C(=O)N(NC(=O)c2ccc(CCO)cc2)C(C)(C)C)c1. The molecule has 5 heteroatoms. The number of nitrogens with zero attached hydrogens (tertiary/aromatic N) is 1. The van der Waals surface area contributed by atoms with E-state index in [2.05, 4.69) is 5.43 Å². The molecular formula is C22H28N2O3.